The highest BCUT2D eigenvalue weighted by atomic mass is 32.1. The van der Waals surface area contributed by atoms with E-state index in [9.17, 15) is 9.90 Å². The Labute approximate surface area is 291 Å². The summed E-state index contributed by atoms with van der Waals surface area (Å²) in [6.07, 6.45) is 6.36. The minimum Gasteiger partial charge on any atom is -0.493 e. The van der Waals surface area contributed by atoms with Crippen molar-refractivity contribution in [3.63, 3.8) is 0 Å². The fraction of sp³-hybridized carbons (Fsp3) is 0.590. The first-order valence-electron chi connectivity index (χ1n) is 17.9. The molecule has 1 aromatic heterocycles. The molecule has 1 N–H and O–H groups in total. The Morgan fingerprint density at radius 3 is 2.27 bits per heavy atom. The molecule has 2 saturated heterocycles. The molecule has 0 radical (unpaired) electrons. The molecule has 0 unspecified atom stereocenters. The lowest BCUT2D eigenvalue weighted by atomic mass is 9.71. The number of aliphatic hydroxyl groups excluding tert-OH is 1. The van der Waals surface area contributed by atoms with E-state index >= 15 is 0 Å². The molecular weight excluding hydrogens is 621 g/mol. The van der Waals surface area contributed by atoms with Crippen molar-refractivity contribution < 1.29 is 19.4 Å². The average molecular weight is 675 g/mol. The minimum atomic E-state index is -0.443. The van der Waals surface area contributed by atoms with E-state index in [4.69, 9.17) is 14.5 Å². The zero-order valence-electron chi connectivity index (χ0n) is 29.6. The summed E-state index contributed by atoms with van der Waals surface area (Å²) in [5.74, 6) is 0.959. The first-order chi connectivity index (χ1) is 23.0. The quantitative estimate of drug-likeness (QED) is 0.238. The van der Waals surface area contributed by atoms with E-state index in [2.05, 4.69) is 60.0 Å². The number of piperidine rings is 2. The molecule has 1 amide bonds. The van der Waals surface area contributed by atoms with Crippen molar-refractivity contribution in [3.8, 4) is 27.4 Å². The minimum absolute atomic E-state index is 0.166. The average Bonchev–Trinajstić information content (AvgIpc) is 3.48. The third-order valence-corrected chi connectivity index (χ3v) is 11.7. The summed E-state index contributed by atoms with van der Waals surface area (Å²) in [6.45, 7) is 18.5. The van der Waals surface area contributed by atoms with Crippen LogP contribution in [0.4, 0.5) is 4.79 Å². The smallest absolute Gasteiger partial charge is 0.410 e. The van der Waals surface area contributed by atoms with Crippen LogP contribution in [0.15, 0.2) is 36.4 Å². The van der Waals surface area contributed by atoms with Crippen LogP contribution in [0.1, 0.15) is 74.6 Å². The second-order valence-corrected chi connectivity index (χ2v) is 16.1. The molecular formula is C39H54N4O4S. The summed E-state index contributed by atoms with van der Waals surface area (Å²) >= 11 is 1.80. The van der Waals surface area contributed by atoms with E-state index < -0.39 is 5.60 Å². The molecule has 48 heavy (non-hydrogen) atoms. The standard InChI is InChI=1S/C39H54N4O4S/c1-28-30(9-6-11-32(28)36-40-33-13-19-42(24-25-44)27-35(33)48-36)31-10-7-12-34(29(31)2)46-26-8-18-41-20-14-39(15-21-41)16-22-43(23-17-39)37(45)47-38(3,4)5/h6-7,9-12,44H,8,13-27H2,1-5H3. The largest absolute Gasteiger partial charge is 0.493 e. The van der Waals surface area contributed by atoms with Gasteiger partial charge in [0.1, 0.15) is 16.4 Å². The third kappa shape index (κ3) is 8.07. The molecule has 0 saturated carbocycles. The topological polar surface area (TPSA) is 78.4 Å². The maximum Gasteiger partial charge on any atom is 0.410 e. The number of amides is 1. The molecule has 2 fully saturated rings. The van der Waals surface area contributed by atoms with Crippen LogP contribution < -0.4 is 4.74 Å². The zero-order chi connectivity index (χ0) is 33.9. The number of carbonyl (C=O) groups excluding carboxylic acids is 1. The number of aromatic nitrogens is 1. The fourth-order valence-electron chi connectivity index (χ4n) is 7.63. The molecule has 9 heteroatoms. The number of fused-ring (bicyclic) bond motifs is 1. The van der Waals surface area contributed by atoms with Gasteiger partial charge in [0.15, 0.2) is 0 Å². The van der Waals surface area contributed by atoms with Crippen molar-refractivity contribution >= 4 is 17.4 Å². The Kier molecular flexibility index (Phi) is 10.8. The molecule has 3 aliphatic heterocycles. The van der Waals surface area contributed by atoms with Gasteiger partial charge in [-0.1, -0.05) is 30.3 Å². The fourth-order valence-corrected chi connectivity index (χ4v) is 8.86. The van der Waals surface area contributed by atoms with Crippen molar-refractivity contribution in [2.45, 2.75) is 85.3 Å². The van der Waals surface area contributed by atoms with E-state index in [1.165, 1.54) is 51.2 Å². The van der Waals surface area contributed by atoms with Crippen molar-refractivity contribution in [2.75, 3.05) is 59.0 Å². The molecule has 3 aromatic rings. The molecule has 2 aromatic carbocycles. The summed E-state index contributed by atoms with van der Waals surface area (Å²) in [5, 5.41) is 10.5. The molecule has 0 atom stereocenters. The van der Waals surface area contributed by atoms with Crippen LogP contribution in [0, 0.1) is 19.3 Å². The normalized spacial score (nSPS) is 18.6. The van der Waals surface area contributed by atoms with Crippen molar-refractivity contribution in [2.24, 2.45) is 5.41 Å². The number of aliphatic hydroxyl groups is 1. The van der Waals surface area contributed by atoms with Gasteiger partial charge < -0.3 is 24.4 Å². The monoisotopic (exact) mass is 674 g/mol. The molecule has 8 nitrogen and oxygen atoms in total. The Balaban J connectivity index is 1.00. The highest BCUT2D eigenvalue weighted by Gasteiger charge is 2.39. The number of hydrogen-bond donors (Lipinski definition) is 1. The zero-order valence-corrected chi connectivity index (χ0v) is 30.5. The van der Waals surface area contributed by atoms with E-state index in [1.54, 1.807) is 11.3 Å². The van der Waals surface area contributed by atoms with Gasteiger partial charge in [-0.05, 0) is 114 Å². The van der Waals surface area contributed by atoms with Gasteiger partial charge in [-0.25, -0.2) is 9.78 Å². The second kappa shape index (κ2) is 14.9. The van der Waals surface area contributed by atoms with Gasteiger partial charge in [0.05, 0.1) is 18.9 Å². The lowest BCUT2D eigenvalue weighted by Gasteiger charge is -2.46. The predicted molar refractivity (Wildman–Crippen MR) is 194 cm³/mol. The van der Waals surface area contributed by atoms with Gasteiger partial charge in [-0.15, -0.1) is 11.3 Å². The maximum atomic E-state index is 12.5. The predicted octanol–water partition coefficient (Wildman–Crippen LogP) is 7.33. The third-order valence-electron chi connectivity index (χ3n) is 10.6. The number of β-amino-alcohol motifs (C(OH)–C–C–N with tert-alkyl or cyclic N) is 1. The number of hydrogen-bond acceptors (Lipinski definition) is 8. The van der Waals surface area contributed by atoms with Crippen LogP contribution in [-0.2, 0) is 17.7 Å². The molecule has 0 aliphatic carbocycles. The van der Waals surface area contributed by atoms with E-state index in [-0.39, 0.29) is 12.7 Å². The van der Waals surface area contributed by atoms with Gasteiger partial charge in [0.2, 0.25) is 0 Å². The number of carbonyl (C=O) groups is 1. The number of ether oxygens (including phenoxy) is 2. The summed E-state index contributed by atoms with van der Waals surface area (Å²) < 4.78 is 12.0. The van der Waals surface area contributed by atoms with Crippen LogP contribution in [0.25, 0.3) is 21.7 Å². The van der Waals surface area contributed by atoms with Gasteiger partial charge in [0, 0.05) is 56.1 Å². The van der Waals surface area contributed by atoms with Gasteiger partial charge in [-0.3, -0.25) is 4.90 Å². The number of likely N-dealkylation sites (tertiary alicyclic amines) is 2. The Morgan fingerprint density at radius 1 is 0.896 bits per heavy atom. The number of thiazole rings is 1. The Morgan fingerprint density at radius 2 is 1.56 bits per heavy atom. The van der Waals surface area contributed by atoms with E-state index in [0.29, 0.717) is 12.0 Å². The Bertz CT molecular complexity index is 1560. The van der Waals surface area contributed by atoms with Crippen LogP contribution in [0.3, 0.4) is 0 Å². The molecule has 6 rings (SSSR count). The maximum absolute atomic E-state index is 12.5. The highest BCUT2D eigenvalue weighted by Crippen LogP contribution is 2.42. The van der Waals surface area contributed by atoms with Gasteiger partial charge in [-0.2, -0.15) is 0 Å². The lowest BCUT2D eigenvalue weighted by Crippen LogP contribution is -2.49. The summed E-state index contributed by atoms with van der Waals surface area (Å²) in [5.41, 5.74) is 7.20. The van der Waals surface area contributed by atoms with Crippen molar-refractivity contribution in [3.05, 3.63) is 58.1 Å². The highest BCUT2D eigenvalue weighted by molar-refractivity contribution is 7.15. The summed E-state index contributed by atoms with van der Waals surface area (Å²) in [6, 6.07) is 13.0. The molecule has 1 spiro atoms. The van der Waals surface area contributed by atoms with Crippen LogP contribution >= 0.6 is 11.3 Å². The first kappa shape index (κ1) is 34.9. The van der Waals surface area contributed by atoms with Gasteiger partial charge >= 0.3 is 6.09 Å². The molecule has 0 bridgehead atoms. The number of nitrogens with zero attached hydrogens (tertiary/aromatic N) is 4. The summed E-state index contributed by atoms with van der Waals surface area (Å²) in [7, 11) is 0. The SMILES string of the molecule is Cc1c(OCCCN2CCC3(CC2)CCN(C(=O)OC(C)(C)C)CC3)cccc1-c1cccc(-c2nc3c(s2)CN(CCO)CC3)c1C. The summed E-state index contributed by atoms with van der Waals surface area (Å²) in [4.78, 5) is 25.7. The van der Waals surface area contributed by atoms with Crippen LogP contribution in [0.5, 0.6) is 5.75 Å². The molecule has 260 valence electrons. The second-order valence-electron chi connectivity index (χ2n) is 15.1. The molecule has 3 aliphatic rings. The van der Waals surface area contributed by atoms with E-state index in [0.717, 1.165) is 88.8 Å². The van der Waals surface area contributed by atoms with Crippen LogP contribution in [-0.4, -0.2) is 95.5 Å². The van der Waals surface area contributed by atoms with E-state index in [1.807, 2.05) is 25.7 Å². The Hall–Kier alpha value is -2.98. The van der Waals surface area contributed by atoms with Crippen molar-refractivity contribution in [1.82, 2.24) is 19.7 Å². The number of rotatable bonds is 9. The number of benzene rings is 2. The molecule has 4 heterocycles. The van der Waals surface area contributed by atoms with Gasteiger partial charge in [0.25, 0.3) is 0 Å². The van der Waals surface area contributed by atoms with Crippen molar-refractivity contribution in [1.29, 1.82) is 0 Å². The van der Waals surface area contributed by atoms with Crippen LogP contribution in [0.2, 0.25) is 0 Å². The lowest BCUT2D eigenvalue weighted by molar-refractivity contribution is -0.00265. The first-order valence-corrected chi connectivity index (χ1v) is 18.7.